The predicted molar refractivity (Wildman–Crippen MR) is 96.8 cm³/mol. The maximum absolute atomic E-state index is 12.3. The van der Waals surface area contributed by atoms with Crippen molar-refractivity contribution in [2.24, 2.45) is 0 Å². The Hall–Kier alpha value is -2.94. The first-order valence-corrected chi connectivity index (χ1v) is 8.75. The maximum Gasteiger partial charge on any atom is 0.405 e. The molecule has 27 heavy (non-hydrogen) atoms. The molecule has 9 heteroatoms. The molecule has 0 aliphatic carbocycles. The molecule has 0 atom stereocenters. The Morgan fingerprint density at radius 3 is 2.52 bits per heavy atom. The molecule has 2 aromatic carbocycles. The summed E-state index contributed by atoms with van der Waals surface area (Å²) >= 11 is 1.44. The minimum atomic E-state index is -4.44. The van der Waals surface area contributed by atoms with Crippen molar-refractivity contribution < 1.29 is 22.8 Å². The Morgan fingerprint density at radius 2 is 1.81 bits per heavy atom. The summed E-state index contributed by atoms with van der Waals surface area (Å²) in [5.74, 6) is -1.01. The van der Waals surface area contributed by atoms with Gasteiger partial charge in [-0.05, 0) is 35.9 Å². The number of hydrogen-bond donors (Lipinski definition) is 2. The van der Waals surface area contributed by atoms with E-state index in [2.05, 4.69) is 10.3 Å². The molecule has 140 valence electrons. The van der Waals surface area contributed by atoms with Crippen molar-refractivity contribution in [3.05, 3.63) is 59.1 Å². The topological polar surface area (TPSA) is 71.1 Å². The van der Waals surface area contributed by atoms with Crippen LogP contribution in [-0.2, 0) is 11.2 Å². The molecule has 2 amide bonds. The zero-order valence-electron chi connectivity index (χ0n) is 13.8. The monoisotopic (exact) mass is 393 g/mol. The van der Waals surface area contributed by atoms with Crippen LogP contribution in [0.25, 0.3) is 10.2 Å². The lowest BCUT2D eigenvalue weighted by molar-refractivity contribution is -0.138. The van der Waals surface area contributed by atoms with Gasteiger partial charge in [0.1, 0.15) is 6.54 Å². The maximum atomic E-state index is 12.3. The number of nitrogens with one attached hydrogen (secondary N) is 2. The van der Waals surface area contributed by atoms with Crippen molar-refractivity contribution in [1.82, 2.24) is 10.3 Å². The lowest BCUT2D eigenvalue weighted by Crippen LogP contribution is -2.34. The second kappa shape index (κ2) is 7.75. The van der Waals surface area contributed by atoms with E-state index in [1.807, 2.05) is 5.32 Å². The minimum absolute atomic E-state index is 0.174. The van der Waals surface area contributed by atoms with Crippen LogP contribution in [0.5, 0.6) is 0 Å². The first-order valence-electron chi connectivity index (χ1n) is 7.87. The molecule has 3 aromatic rings. The van der Waals surface area contributed by atoms with Crippen LogP contribution in [0.15, 0.2) is 48.0 Å². The van der Waals surface area contributed by atoms with Crippen molar-refractivity contribution in [2.45, 2.75) is 12.6 Å². The molecule has 0 saturated heterocycles. The van der Waals surface area contributed by atoms with Crippen LogP contribution in [0.3, 0.4) is 0 Å². The van der Waals surface area contributed by atoms with E-state index in [9.17, 15) is 22.8 Å². The van der Waals surface area contributed by atoms with Gasteiger partial charge in [0.25, 0.3) is 5.91 Å². The van der Waals surface area contributed by atoms with E-state index in [1.165, 1.54) is 11.3 Å². The molecular weight excluding hydrogens is 379 g/mol. The van der Waals surface area contributed by atoms with Gasteiger partial charge in [-0.15, -0.1) is 11.3 Å². The van der Waals surface area contributed by atoms with E-state index in [1.54, 1.807) is 48.0 Å². The lowest BCUT2D eigenvalue weighted by atomic mass is 10.1. The van der Waals surface area contributed by atoms with Crippen LogP contribution in [-0.4, -0.2) is 29.5 Å². The number of rotatable bonds is 5. The quantitative estimate of drug-likeness (QED) is 0.693. The molecule has 1 aromatic heterocycles. The number of carbonyl (C=O) groups is 2. The summed E-state index contributed by atoms with van der Waals surface area (Å²) in [6.45, 7) is -1.36. The summed E-state index contributed by atoms with van der Waals surface area (Å²) in [6.07, 6.45) is -4.61. The highest BCUT2D eigenvalue weighted by Crippen LogP contribution is 2.20. The Kier molecular flexibility index (Phi) is 5.41. The van der Waals surface area contributed by atoms with Crippen LogP contribution in [0.4, 0.5) is 18.9 Å². The Morgan fingerprint density at radius 1 is 1.07 bits per heavy atom. The smallest absolute Gasteiger partial charge is 0.347 e. The van der Waals surface area contributed by atoms with Gasteiger partial charge in [-0.25, -0.2) is 4.98 Å². The molecule has 0 radical (unpaired) electrons. The summed E-state index contributed by atoms with van der Waals surface area (Å²) in [5, 5.41) is 4.55. The molecule has 0 spiro atoms. The largest absolute Gasteiger partial charge is 0.405 e. The summed E-state index contributed by atoms with van der Waals surface area (Å²) < 4.78 is 37.1. The molecule has 3 rings (SSSR count). The molecular formula is C18H14F3N3O2S. The number of halogens is 3. The number of anilines is 1. The number of nitrogens with zero attached hydrogens (tertiary/aromatic N) is 1. The zero-order valence-corrected chi connectivity index (χ0v) is 14.7. The lowest BCUT2D eigenvalue weighted by Gasteiger charge is -2.09. The third-order valence-corrected chi connectivity index (χ3v) is 4.45. The fourth-order valence-corrected chi connectivity index (χ4v) is 3.07. The number of aromatic nitrogens is 1. The van der Waals surface area contributed by atoms with Crippen LogP contribution in [0.1, 0.15) is 15.9 Å². The van der Waals surface area contributed by atoms with E-state index in [4.69, 9.17) is 0 Å². The number of thiazole rings is 1. The molecule has 0 fully saturated rings. The van der Waals surface area contributed by atoms with Crippen LogP contribution < -0.4 is 10.6 Å². The van der Waals surface area contributed by atoms with Crippen molar-refractivity contribution in [1.29, 1.82) is 0 Å². The second-order valence-electron chi connectivity index (χ2n) is 5.75. The third kappa shape index (κ3) is 5.27. The van der Waals surface area contributed by atoms with Gasteiger partial charge in [-0.1, -0.05) is 12.1 Å². The van der Waals surface area contributed by atoms with Gasteiger partial charge >= 0.3 is 6.18 Å². The normalized spacial score (nSPS) is 11.4. The molecule has 0 saturated carbocycles. The number of benzene rings is 2. The van der Waals surface area contributed by atoms with Gasteiger partial charge in [0.2, 0.25) is 5.91 Å². The zero-order chi connectivity index (χ0) is 19.4. The average Bonchev–Trinajstić information content (AvgIpc) is 3.09. The molecule has 0 aliphatic heterocycles. The number of fused-ring (bicyclic) bond motifs is 1. The molecule has 0 bridgehead atoms. The Labute approximate surface area is 156 Å². The fraction of sp³-hybridized carbons (Fsp3) is 0.167. The standard InChI is InChI=1S/C18H14F3N3O2S/c19-18(20,21)9-22-16(25)7-11-1-4-13(5-2-11)24-17(26)12-3-6-14-15(8-12)27-10-23-14/h1-6,8,10H,7,9H2,(H,22,25)(H,24,26). The third-order valence-electron chi connectivity index (χ3n) is 3.66. The first kappa shape index (κ1) is 18.8. The van der Waals surface area contributed by atoms with E-state index in [-0.39, 0.29) is 12.3 Å². The van der Waals surface area contributed by atoms with Crippen LogP contribution in [0.2, 0.25) is 0 Å². The van der Waals surface area contributed by atoms with Crippen LogP contribution in [0, 0.1) is 0 Å². The summed E-state index contributed by atoms with van der Waals surface area (Å²) in [5.41, 5.74) is 4.07. The Bertz CT molecular complexity index is 968. The highest BCUT2D eigenvalue weighted by molar-refractivity contribution is 7.16. The van der Waals surface area contributed by atoms with Gasteiger partial charge in [0, 0.05) is 11.3 Å². The van der Waals surface area contributed by atoms with E-state index >= 15 is 0 Å². The Balaban J connectivity index is 1.58. The van der Waals surface area contributed by atoms with Gasteiger partial charge in [-0.3, -0.25) is 9.59 Å². The second-order valence-corrected chi connectivity index (χ2v) is 6.64. The van der Waals surface area contributed by atoms with Gasteiger partial charge < -0.3 is 10.6 Å². The fourth-order valence-electron chi connectivity index (χ4n) is 2.35. The molecule has 5 nitrogen and oxygen atoms in total. The van der Waals surface area contributed by atoms with E-state index in [0.717, 1.165) is 10.2 Å². The molecule has 0 aliphatic rings. The van der Waals surface area contributed by atoms with Gasteiger partial charge in [0.15, 0.2) is 0 Å². The average molecular weight is 393 g/mol. The number of carbonyl (C=O) groups excluding carboxylic acids is 2. The molecule has 0 unspecified atom stereocenters. The molecule has 1 heterocycles. The highest BCUT2D eigenvalue weighted by Gasteiger charge is 2.27. The van der Waals surface area contributed by atoms with Crippen molar-refractivity contribution >= 4 is 39.1 Å². The van der Waals surface area contributed by atoms with Crippen molar-refractivity contribution in [3.8, 4) is 0 Å². The number of amides is 2. The highest BCUT2D eigenvalue weighted by atomic mass is 32.1. The number of hydrogen-bond acceptors (Lipinski definition) is 4. The predicted octanol–water partition coefficient (Wildman–Crippen LogP) is 3.77. The summed E-state index contributed by atoms with van der Waals surface area (Å²) in [6, 6.07) is 11.5. The number of alkyl halides is 3. The van der Waals surface area contributed by atoms with Crippen molar-refractivity contribution in [3.63, 3.8) is 0 Å². The van der Waals surface area contributed by atoms with Crippen molar-refractivity contribution in [2.75, 3.05) is 11.9 Å². The summed E-state index contributed by atoms with van der Waals surface area (Å²) in [4.78, 5) is 28.0. The summed E-state index contributed by atoms with van der Waals surface area (Å²) in [7, 11) is 0. The molecule has 2 N–H and O–H groups in total. The van der Waals surface area contributed by atoms with Gasteiger partial charge in [0.05, 0.1) is 22.1 Å². The van der Waals surface area contributed by atoms with E-state index in [0.29, 0.717) is 16.8 Å². The first-order chi connectivity index (χ1) is 12.8. The van der Waals surface area contributed by atoms with E-state index < -0.39 is 18.6 Å². The van der Waals surface area contributed by atoms with Gasteiger partial charge in [-0.2, -0.15) is 13.2 Å². The minimum Gasteiger partial charge on any atom is -0.347 e. The SMILES string of the molecule is O=C(Cc1ccc(NC(=O)c2ccc3ncsc3c2)cc1)NCC(F)(F)F. The van der Waals surface area contributed by atoms with Crippen LogP contribution >= 0.6 is 11.3 Å².